The van der Waals surface area contributed by atoms with E-state index in [0.717, 1.165) is 29.5 Å². The van der Waals surface area contributed by atoms with Gasteiger partial charge in [-0.3, -0.25) is 4.98 Å². The highest BCUT2D eigenvalue weighted by Gasteiger charge is 2.41. The summed E-state index contributed by atoms with van der Waals surface area (Å²) in [5.74, 6) is 0. The molecule has 2 unspecified atom stereocenters. The molecule has 150 valence electrons. The second kappa shape index (κ2) is 8.76. The Morgan fingerprint density at radius 1 is 1.10 bits per heavy atom. The van der Waals surface area contributed by atoms with Crippen LogP contribution in [-0.2, 0) is 17.7 Å². The van der Waals surface area contributed by atoms with E-state index in [0.29, 0.717) is 6.61 Å². The Labute approximate surface area is 177 Å². The van der Waals surface area contributed by atoms with Gasteiger partial charge in [-0.15, -0.1) is 0 Å². The molecule has 1 aromatic carbocycles. The maximum atomic E-state index is 5.80. The lowest BCUT2D eigenvalue weighted by Crippen LogP contribution is -2.30. The molecule has 1 saturated heterocycles. The minimum Gasteiger partial charge on any atom is -0.383 e. The standard InChI is InChI=1S/C23H26N4OS/c1-3-17-9-11-18(12-10-17)27-22(20-8-6-14-26(20)15-16-28-2)21(25-23(27)29)19-7-4-5-13-24-19/h4-14,21-22H,3,15-16H2,1-2H3,(H,25,29). The van der Waals surface area contributed by atoms with Gasteiger partial charge in [-0.2, -0.15) is 0 Å². The summed E-state index contributed by atoms with van der Waals surface area (Å²) in [4.78, 5) is 6.83. The Morgan fingerprint density at radius 3 is 2.62 bits per heavy atom. The number of nitrogens with one attached hydrogen (secondary N) is 1. The van der Waals surface area contributed by atoms with Crippen LogP contribution in [0.3, 0.4) is 0 Å². The number of hydrogen-bond acceptors (Lipinski definition) is 3. The lowest BCUT2D eigenvalue weighted by Gasteiger charge is -2.29. The topological polar surface area (TPSA) is 42.3 Å². The van der Waals surface area contributed by atoms with Crippen LogP contribution in [0.4, 0.5) is 5.69 Å². The summed E-state index contributed by atoms with van der Waals surface area (Å²) in [6.45, 7) is 3.62. The van der Waals surface area contributed by atoms with Crippen molar-refractivity contribution in [2.45, 2.75) is 32.0 Å². The third-order valence-electron chi connectivity index (χ3n) is 5.42. The van der Waals surface area contributed by atoms with E-state index in [-0.39, 0.29) is 12.1 Å². The van der Waals surface area contributed by atoms with E-state index in [9.17, 15) is 0 Å². The zero-order valence-electron chi connectivity index (χ0n) is 16.8. The van der Waals surface area contributed by atoms with Gasteiger partial charge in [0.2, 0.25) is 0 Å². The van der Waals surface area contributed by atoms with Gasteiger partial charge in [-0.1, -0.05) is 25.1 Å². The van der Waals surface area contributed by atoms with Gasteiger partial charge in [-0.05, 0) is 60.6 Å². The van der Waals surface area contributed by atoms with E-state index < -0.39 is 0 Å². The van der Waals surface area contributed by atoms with Crippen LogP contribution in [0.5, 0.6) is 0 Å². The monoisotopic (exact) mass is 406 g/mol. The van der Waals surface area contributed by atoms with Gasteiger partial charge in [0.1, 0.15) is 6.04 Å². The van der Waals surface area contributed by atoms with E-state index in [4.69, 9.17) is 17.0 Å². The number of anilines is 1. The number of aryl methyl sites for hydroxylation is 1. The molecule has 3 aromatic rings. The zero-order valence-corrected chi connectivity index (χ0v) is 17.6. The summed E-state index contributed by atoms with van der Waals surface area (Å²) in [6.07, 6.45) is 4.95. The number of thiocarbonyl (C=S) groups is 1. The van der Waals surface area contributed by atoms with Gasteiger partial charge in [0.25, 0.3) is 0 Å². The summed E-state index contributed by atoms with van der Waals surface area (Å²) >= 11 is 5.80. The Bertz CT molecular complexity index is 955. The summed E-state index contributed by atoms with van der Waals surface area (Å²) in [6, 6.07) is 18.9. The van der Waals surface area contributed by atoms with Crippen molar-refractivity contribution >= 4 is 23.0 Å². The smallest absolute Gasteiger partial charge is 0.174 e. The Morgan fingerprint density at radius 2 is 1.93 bits per heavy atom. The van der Waals surface area contributed by atoms with Crippen LogP contribution in [0, 0.1) is 0 Å². The molecule has 1 aliphatic heterocycles. The lowest BCUT2D eigenvalue weighted by atomic mass is 10.0. The number of hydrogen-bond donors (Lipinski definition) is 1. The van der Waals surface area contributed by atoms with E-state index in [1.54, 1.807) is 7.11 Å². The van der Waals surface area contributed by atoms with Gasteiger partial charge >= 0.3 is 0 Å². The second-order valence-electron chi connectivity index (χ2n) is 7.14. The van der Waals surface area contributed by atoms with E-state index >= 15 is 0 Å². The van der Waals surface area contributed by atoms with Gasteiger partial charge in [-0.25, -0.2) is 0 Å². The molecule has 0 radical (unpaired) electrons. The molecule has 5 nitrogen and oxygen atoms in total. The average Bonchev–Trinajstić information content (AvgIpc) is 3.36. The highest BCUT2D eigenvalue weighted by atomic mass is 32.1. The lowest BCUT2D eigenvalue weighted by molar-refractivity contribution is 0.186. The van der Waals surface area contributed by atoms with Crippen molar-refractivity contribution in [2.24, 2.45) is 0 Å². The Kier molecular flexibility index (Phi) is 5.92. The normalized spacial score (nSPS) is 18.8. The minimum absolute atomic E-state index is 0.00303. The minimum atomic E-state index is -0.0363. The zero-order chi connectivity index (χ0) is 20.2. The van der Waals surface area contributed by atoms with Crippen LogP contribution in [-0.4, -0.2) is 28.4 Å². The molecule has 0 bridgehead atoms. The maximum absolute atomic E-state index is 5.80. The van der Waals surface area contributed by atoms with Gasteiger partial charge in [0.15, 0.2) is 5.11 Å². The van der Waals surface area contributed by atoms with Crippen LogP contribution in [0.15, 0.2) is 67.0 Å². The summed E-state index contributed by atoms with van der Waals surface area (Å²) < 4.78 is 7.56. The quantitative estimate of drug-likeness (QED) is 0.594. The average molecular weight is 407 g/mol. The highest BCUT2D eigenvalue weighted by Crippen LogP contribution is 2.41. The number of aromatic nitrogens is 2. The molecular weight excluding hydrogens is 380 g/mol. The van der Waals surface area contributed by atoms with E-state index in [1.807, 2.05) is 18.3 Å². The van der Waals surface area contributed by atoms with Gasteiger partial charge < -0.3 is 19.5 Å². The Balaban J connectivity index is 1.78. The van der Waals surface area contributed by atoms with Crippen molar-refractivity contribution in [1.29, 1.82) is 0 Å². The second-order valence-corrected chi connectivity index (χ2v) is 7.52. The van der Waals surface area contributed by atoms with Crippen molar-refractivity contribution in [3.05, 3.63) is 83.9 Å². The van der Waals surface area contributed by atoms with Crippen LogP contribution >= 0.6 is 12.2 Å². The van der Waals surface area contributed by atoms with Crippen molar-refractivity contribution < 1.29 is 4.74 Å². The number of nitrogens with zero attached hydrogens (tertiary/aromatic N) is 3. The first kappa shape index (κ1) is 19.6. The van der Waals surface area contributed by atoms with Crippen LogP contribution in [0.25, 0.3) is 0 Å². The predicted molar refractivity (Wildman–Crippen MR) is 120 cm³/mol. The molecule has 29 heavy (non-hydrogen) atoms. The molecule has 1 aliphatic rings. The van der Waals surface area contributed by atoms with Crippen LogP contribution < -0.4 is 10.2 Å². The Hall–Kier alpha value is -2.70. The summed E-state index contributed by atoms with van der Waals surface area (Å²) in [7, 11) is 1.73. The first-order chi connectivity index (χ1) is 14.2. The first-order valence-electron chi connectivity index (χ1n) is 9.96. The molecule has 2 atom stereocenters. The molecule has 4 rings (SSSR count). The van der Waals surface area contributed by atoms with Crippen LogP contribution in [0.2, 0.25) is 0 Å². The van der Waals surface area contributed by atoms with Crippen molar-refractivity contribution in [3.8, 4) is 0 Å². The molecule has 1 N–H and O–H groups in total. The number of pyridine rings is 1. The molecule has 2 aromatic heterocycles. The predicted octanol–water partition coefficient (Wildman–Crippen LogP) is 4.27. The number of rotatable bonds is 7. The molecule has 0 spiro atoms. The molecule has 1 fully saturated rings. The third kappa shape index (κ3) is 3.91. The summed E-state index contributed by atoms with van der Waals surface area (Å²) in [5.41, 5.74) is 4.56. The van der Waals surface area contributed by atoms with E-state index in [1.165, 1.54) is 11.3 Å². The van der Waals surface area contributed by atoms with Gasteiger partial charge in [0, 0.05) is 37.4 Å². The van der Waals surface area contributed by atoms with Crippen LogP contribution in [0.1, 0.15) is 36.0 Å². The fourth-order valence-electron chi connectivity index (χ4n) is 3.91. The molecule has 0 saturated carbocycles. The fourth-order valence-corrected chi connectivity index (χ4v) is 4.26. The molecule has 3 heterocycles. The van der Waals surface area contributed by atoms with Crippen molar-refractivity contribution in [3.63, 3.8) is 0 Å². The number of methoxy groups -OCH3 is 1. The first-order valence-corrected chi connectivity index (χ1v) is 10.4. The third-order valence-corrected chi connectivity index (χ3v) is 5.74. The molecular formula is C23H26N4OS. The summed E-state index contributed by atoms with van der Waals surface area (Å²) in [5, 5.41) is 4.24. The number of benzene rings is 1. The van der Waals surface area contributed by atoms with Crippen molar-refractivity contribution in [1.82, 2.24) is 14.9 Å². The molecule has 0 amide bonds. The largest absolute Gasteiger partial charge is 0.383 e. The van der Waals surface area contributed by atoms with Gasteiger partial charge in [0.05, 0.1) is 18.3 Å². The fraction of sp³-hybridized carbons (Fsp3) is 0.304. The molecule has 6 heteroatoms. The van der Waals surface area contributed by atoms with E-state index in [2.05, 4.69) is 75.4 Å². The highest BCUT2D eigenvalue weighted by molar-refractivity contribution is 7.80. The maximum Gasteiger partial charge on any atom is 0.174 e. The molecule has 0 aliphatic carbocycles. The SMILES string of the molecule is CCc1ccc(N2C(=S)NC(c3ccccn3)C2c2cccn2CCOC)cc1. The van der Waals surface area contributed by atoms with Crippen molar-refractivity contribution in [2.75, 3.05) is 18.6 Å². The number of ether oxygens (including phenoxy) is 1.